The maximum Gasteiger partial charge on any atom is 0.171 e. The van der Waals surface area contributed by atoms with Crippen molar-refractivity contribution in [1.82, 2.24) is 4.98 Å². The van der Waals surface area contributed by atoms with Crippen LogP contribution in [0.5, 0.6) is 5.75 Å². The monoisotopic (exact) mass is 260 g/mol. The van der Waals surface area contributed by atoms with Crippen molar-refractivity contribution in [2.24, 2.45) is 0 Å². The van der Waals surface area contributed by atoms with Gasteiger partial charge in [0.05, 0.1) is 6.54 Å². The average Bonchev–Trinajstić information content (AvgIpc) is 2.39. The molecule has 0 N–H and O–H groups in total. The summed E-state index contributed by atoms with van der Waals surface area (Å²) in [6.07, 6.45) is 1.84. The molecule has 0 bridgehead atoms. The number of anilines is 1. The molecular formula is C14H13ClN2O. The Labute approximate surface area is 111 Å². The first-order chi connectivity index (χ1) is 8.75. The first-order valence-electron chi connectivity index (χ1n) is 5.84. The van der Waals surface area contributed by atoms with Gasteiger partial charge in [0.25, 0.3) is 0 Å². The second-order valence-corrected chi connectivity index (χ2v) is 4.70. The smallest absolute Gasteiger partial charge is 0.171 e. The molecule has 18 heavy (non-hydrogen) atoms. The highest BCUT2D eigenvalue weighted by atomic mass is 35.5. The van der Waals surface area contributed by atoms with Gasteiger partial charge in [-0.05, 0) is 12.1 Å². The summed E-state index contributed by atoms with van der Waals surface area (Å²) in [7, 11) is 2.02. The fourth-order valence-corrected chi connectivity index (χ4v) is 2.32. The summed E-state index contributed by atoms with van der Waals surface area (Å²) in [4.78, 5) is 6.55. The molecule has 2 heterocycles. The Balaban J connectivity index is 2.08. The fraction of sp³-hybridized carbons (Fsp3) is 0.214. The van der Waals surface area contributed by atoms with E-state index in [0.717, 1.165) is 34.3 Å². The van der Waals surface area contributed by atoms with Crippen LogP contribution in [-0.4, -0.2) is 25.2 Å². The molecule has 1 aromatic carbocycles. The standard InChI is InChI=1S/C14H13ClN2O/c1-17-6-7-18-13-8-10(9-16-14(13)17)11-4-2-3-5-12(11)15/h2-5,8-9H,6-7H2,1H3. The molecule has 0 atom stereocenters. The molecule has 1 aliphatic heterocycles. The molecule has 0 saturated heterocycles. The lowest BCUT2D eigenvalue weighted by atomic mass is 10.1. The quantitative estimate of drug-likeness (QED) is 0.787. The number of rotatable bonds is 1. The van der Waals surface area contributed by atoms with Crippen molar-refractivity contribution in [2.45, 2.75) is 0 Å². The zero-order valence-corrected chi connectivity index (χ0v) is 10.8. The molecule has 0 aliphatic carbocycles. The lowest BCUT2D eigenvalue weighted by Gasteiger charge is -2.26. The van der Waals surface area contributed by atoms with Crippen LogP contribution in [0.25, 0.3) is 11.1 Å². The summed E-state index contributed by atoms with van der Waals surface area (Å²) in [5.74, 6) is 1.71. The molecule has 1 aliphatic rings. The molecule has 0 amide bonds. The molecule has 1 aromatic heterocycles. The van der Waals surface area contributed by atoms with Crippen LogP contribution in [0.15, 0.2) is 36.5 Å². The molecule has 3 nitrogen and oxygen atoms in total. The molecule has 92 valence electrons. The maximum atomic E-state index is 6.19. The van der Waals surface area contributed by atoms with Crippen molar-refractivity contribution in [3.05, 3.63) is 41.6 Å². The van der Waals surface area contributed by atoms with Crippen LogP contribution < -0.4 is 9.64 Å². The topological polar surface area (TPSA) is 25.4 Å². The average molecular weight is 261 g/mol. The van der Waals surface area contributed by atoms with Crippen molar-refractivity contribution in [3.63, 3.8) is 0 Å². The van der Waals surface area contributed by atoms with Gasteiger partial charge in [0.1, 0.15) is 6.61 Å². The van der Waals surface area contributed by atoms with Gasteiger partial charge >= 0.3 is 0 Å². The van der Waals surface area contributed by atoms with Gasteiger partial charge < -0.3 is 9.64 Å². The second-order valence-electron chi connectivity index (χ2n) is 4.30. The van der Waals surface area contributed by atoms with Crippen molar-refractivity contribution < 1.29 is 4.74 Å². The second kappa shape index (κ2) is 4.50. The largest absolute Gasteiger partial charge is 0.488 e. The third kappa shape index (κ3) is 1.91. The highest BCUT2D eigenvalue weighted by Crippen LogP contribution is 2.34. The van der Waals surface area contributed by atoms with Crippen molar-refractivity contribution in [1.29, 1.82) is 0 Å². The molecule has 4 heteroatoms. The van der Waals surface area contributed by atoms with Gasteiger partial charge in [0, 0.05) is 29.4 Å². The molecule has 0 fully saturated rings. The van der Waals surface area contributed by atoms with Crippen LogP contribution in [0.3, 0.4) is 0 Å². The van der Waals surface area contributed by atoms with Crippen molar-refractivity contribution >= 4 is 17.4 Å². The summed E-state index contributed by atoms with van der Waals surface area (Å²) in [6, 6.07) is 9.75. The normalized spacial score (nSPS) is 14.0. The Morgan fingerprint density at radius 1 is 1.33 bits per heavy atom. The van der Waals surface area contributed by atoms with Crippen LogP contribution in [0.4, 0.5) is 5.82 Å². The first kappa shape index (κ1) is 11.4. The third-order valence-corrected chi connectivity index (χ3v) is 3.39. The van der Waals surface area contributed by atoms with Gasteiger partial charge in [-0.1, -0.05) is 29.8 Å². The number of nitrogens with zero attached hydrogens (tertiary/aromatic N) is 2. The molecular weight excluding hydrogens is 248 g/mol. The number of benzene rings is 1. The highest BCUT2D eigenvalue weighted by molar-refractivity contribution is 6.33. The fourth-order valence-electron chi connectivity index (χ4n) is 2.07. The minimum Gasteiger partial charge on any atom is -0.488 e. The van der Waals surface area contributed by atoms with Crippen LogP contribution in [0.2, 0.25) is 5.02 Å². The van der Waals surface area contributed by atoms with E-state index in [1.165, 1.54) is 0 Å². The SMILES string of the molecule is CN1CCOc2cc(-c3ccccc3Cl)cnc21. The Hall–Kier alpha value is -1.74. The first-order valence-corrected chi connectivity index (χ1v) is 6.22. The van der Waals surface area contributed by atoms with Gasteiger partial charge in [-0.3, -0.25) is 0 Å². The summed E-state index contributed by atoms with van der Waals surface area (Å²) in [5.41, 5.74) is 1.96. The van der Waals surface area contributed by atoms with Gasteiger partial charge in [-0.15, -0.1) is 0 Å². The van der Waals surface area contributed by atoms with Gasteiger partial charge in [0.15, 0.2) is 11.6 Å². The van der Waals surface area contributed by atoms with Gasteiger partial charge in [-0.25, -0.2) is 4.98 Å². The number of halogens is 1. The van der Waals surface area contributed by atoms with E-state index < -0.39 is 0 Å². The number of hydrogen-bond acceptors (Lipinski definition) is 3. The molecule has 0 spiro atoms. The Kier molecular flexibility index (Phi) is 2.84. The van der Waals surface area contributed by atoms with E-state index in [2.05, 4.69) is 9.88 Å². The highest BCUT2D eigenvalue weighted by Gasteiger charge is 2.17. The van der Waals surface area contributed by atoms with E-state index in [1.807, 2.05) is 43.6 Å². The van der Waals surface area contributed by atoms with E-state index in [1.54, 1.807) is 0 Å². The minimum absolute atomic E-state index is 0.692. The van der Waals surface area contributed by atoms with Crippen LogP contribution in [0.1, 0.15) is 0 Å². The summed E-state index contributed by atoms with van der Waals surface area (Å²) in [6.45, 7) is 1.56. The number of ether oxygens (including phenoxy) is 1. The Morgan fingerprint density at radius 2 is 2.17 bits per heavy atom. The molecule has 2 aromatic rings. The van der Waals surface area contributed by atoms with E-state index in [9.17, 15) is 0 Å². The van der Waals surface area contributed by atoms with E-state index in [-0.39, 0.29) is 0 Å². The number of likely N-dealkylation sites (N-methyl/N-ethyl adjacent to an activating group) is 1. The molecule has 3 rings (SSSR count). The number of pyridine rings is 1. The zero-order chi connectivity index (χ0) is 12.5. The lowest BCUT2D eigenvalue weighted by Crippen LogP contribution is -2.29. The van der Waals surface area contributed by atoms with Crippen LogP contribution in [-0.2, 0) is 0 Å². The third-order valence-electron chi connectivity index (χ3n) is 3.06. The minimum atomic E-state index is 0.692. The van der Waals surface area contributed by atoms with E-state index in [4.69, 9.17) is 16.3 Å². The number of fused-ring (bicyclic) bond motifs is 1. The predicted octanol–water partition coefficient (Wildman–Crippen LogP) is 3.23. The summed E-state index contributed by atoms with van der Waals surface area (Å²) in [5, 5.41) is 0.725. The number of hydrogen-bond donors (Lipinski definition) is 0. The van der Waals surface area contributed by atoms with Gasteiger partial charge in [0.2, 0.25) is 0 Å². The maximum absolute atomic E-state index is 6.19. The van der Waals surface area contributed by atoms with Crippen LogP contribution >= 0.6 is 11.6 Å². The molecule has 0 radical (unpaired) electrons. The van der Waals surface area contributed by atoms with Crippen molar-refractivity contribution in [3.8, 4) is 16.9 Å². The lowest BCUT2D eigenvalue weighted by molar-refractivity contribution is 0.309. The predicted molar refractivity (Wildman–Crippen MR) is 73.4 cm³/mol. The Bertz CT molecular complexity index is 586. The van der Waals surface area contributed by atoms with E-state index >= 15 is 0 Å². The Morgan fingerprint density at radius 3 is 3.00 bits per heavy atom. The molecule has 0 unspecified atom stereocenters. The summed E-state index contributed by atoms with van der Waals surface area (Å²) < 4.78 is 5.65. The summed E-state index contributed by atoms with van der Waals surface area (Å²) >= 11 is 6.19. The van der Waals surface area contributed by atoms with Crippen LogP contribution in [0, 0.1) is 0 Å². The van der Waals surface area contributed by atoms with Gasteiger partial charge in [-0.2, -0.15) is 0 Å². The number of aromatic nitrogens is 1. The zero-order valence-electron chi connectivity index (χ0n) is 10.1. The van der Waals surface area contributed by atoms with Crippen molar-refractivity contribution in [2.75, 3.05) is 25.1 Å². The van der Waals surface area contributed by atoms with E-state index in [0.29, 0.717) is 6.61 Å². The molecule has 0 saturated carbocycles.